The molecule has 17 heavy (non-hydrogen) atoms. The molecular formula is C12H9BrN2O2. The number of hydrogen-bond acceptors (Lipinski definition) is 3. The van der Waals surface area contributed by atoms with E-state index in [0.29, 0.717) is 11.4 Å². The number of carboxylic acids is 1. The molecule has 1 N–H and O–H groups in total. The Balaban J connectivity index is 2.60. The average Bonchev–Trinajstić information content (AvgIpc) is 2.28. The van der Waals surface area contributed by atoms with Crippen molar-refractivity contribution in [1.82, 2.24) is 9.97 Å². The molecule has 0 amide bonds. The normalized spacial score (nSPS) is 10.2. The van der Waals surface area contributed by atoms with E-state index in [0.717, 1.165) is 10.0 Å². The molecule has 4 nitrogen and oxygen atoms in total. The number of hydrogen-bond donors (Lipinski definition) is 1. The summed E-state index contributed by atoms with van der Waals surface area (Å²) < 4.78 is 0.870. The minimum absolute atomic E-state index is 0.184. The van der Waals surface area contributed by atoms with E-state index >= 15 is 0 Å². The first-order chi connectivity index (χ1) is 8.08. The molecule has 1 heterocycles. The van der Waals surface area contributed by atoms with Gasteiger partial charge in [0.05, 0.1) is 5.69 Å². The van der Waals surface area contributed by atoms with Crippen molar-refractivity contribution in [2.45, 2.75) is 6.92 Å². The van der Waals surface area contributed by atoms with Crippen molar-refractivity contribution in [3.05, 3.63) is 46.3 Å². The summed E-state index contributed by atoms with van der Waals surface area (Å²) in [6.45, 7) is 1.74. The summed E-state index contributed by atoms with van der Waals surface area (Å²) in [5.41, 5.74) is 2.08. The van der Waals surface area contributed by atoms with Crippen LogP contribution >= 0.6 is 15.9 Å². The van der Waals surface area contributed by atoms with Crippen LogP contribution in [0.2, 0.25) is 0 Å². The van der Waals surface area contributed by atoms with E-state index in [9.17, 15) is 4.79 Å². The van der Waals surface area contributed by atoms with Gasteiger partial charge in [-0.15, -0.1) is 0 Å². The third-order valence-corrected chi connectivity index (χ3v) is 2.89. The van der Waals surface area contributed by atoms with Gasteiger partial charge < -0.3 is 5.11 Å². The largest absolute Gasteiger partial charge is 0.475 e. The first-order valence-electron chi connectivity index (χ1n) is 4.92. The van der Waals surface area contributed by atoms with Gasteiger partial charge >= 0.3 is 5.97 Å². The summed E-state index contributed by atoms with van der Waals surface area (Å²) >= 11 is 3.41. The SMILES string of the molecule is Cc1cc(-c2ccccc2Br)nc(C(=O)O)n1. The second-order valence-electron chi connectivity index (χ2n) is 3.50. The summed E-state index contributed by atoms with van der Waals surface area (Å²) in [4.78, 5) is 18.8. The fourth-order valence-electron chi connectivity index (χ4n) is 1.47. The minimum Gasteiger partial charge on any atom is -0.475 e. The van der Waals surface area contributed by atoms with Gasteiger partial charge in [0, 0.05) is 15.7 Å². The van der Waals surface area contributed by atoms with E-state index in [1.165, 1.54) is 0 Å². The van der Waals surface area contributed by atoms with Crippen molar-refractivity contribution >= 4 is 21.9 Å². The Kier molecular flexibility index (Phi) is 3.19. The number of nitrogens with zero attached hydrogens (tertiary/aromatic N) is 2. The van der Waals surface area contributed by atoms with Crippen LogP contribution in [0, 0.1) is 6.92 Å². The first kappa shape index (κ1) is 11.7. The van der Waals surface area contributed by atoms with Gasteiger partial charge in [-0.05, 0) is 19.1 Å². The second kappa shape index (κ2) is 4.63. The summed E-state index contributed by atoms with van der Waals surface area (Å²) in [5.74, 6) is -1.31. The molecule has 0 atom stereocenters. The Morgan fingerprint density at radius 2 is 2.00 bits per heavy atom. The lowest BCUT2D eigenvalue weighted by molar-refractivity contribution is 0.0683. The Bertz CT molecular complexity index is 584. The topological polar surface area (TPSA) is 63.1 Å². The highest BCUT2D eigenvalue weighted by Gasteiger charge is 2.11. The number of aromatic carboxylic acids is 1. The fourth-order valence-corrected chi connectivity index (χ4v) is 1.96. The minimum atomic E-state index is -1.12. The van der Waals surface area contributed by atoms with Crippen LogP contribution in [0.4, 0.5) is 0 Å². The second-order valence-corrected chi connectivity index (χ2v) is 4.36. The maximum Gasteiger partial charge on any atom is 0.373 e. The summed E-state index contributed by atoms with van der Waals surface area (Å²) in [6, 6.07) is 9.27. The lowest BCUT2D eigenvalue weighted by atomic mass is 10.1. The standard InChI is InChI=1S/C12H9BrN2O2/c1-7-6-10(15-11(14-7)12(16)17)8-4-2-3-5-9(8)13/h2-6H,1H3,(H,16,17). The number of rotatable bonds is 2. The summed E-state index contributed by atoms with van der Waals surface area (Å²) in [5, 5.41) is 8.91. The van der Waals surface area contributed by atoms with Gasteiger partial charge in [-0.3, -0.25) is 0 Å². The van der Waals surface area contributed by atoms with Gasteiger partial charge in [0.2, 0.25) is 5.82 Å². The quantitative estimate of drug-likeness (QED) is 0.924. The molecule has 0 aliphatic heterocycles. The van der Waals surface area contributed by atoms with Crippen LogP contribution in [0.5, 0.6) is 0 Å². The third-order valence-electron chi connectivity index (χ3n) is 2.20. The highest BCUT2D eigenvalue weighted by molar-refractivity contribution is 9.10. The van der Waals surface area contributed by atoms with Gasteiger partial charge in [-0.25, -0.2) is 14.8 Å². The van der Waals surface area contributed by atoms with Crippen molar-refractivity contribution in [2.24, 2.45) is 0 Å². The van der Waals surface area contributed by atoms with Gasteiger partial charge in [0.1, 0.15) is 0 Å². The van der Waals surface area contributed by atoms with Gasteiger partial charge in [-0.1, -0.05) is 34.1 Å². The zero-order valence-corrected chi connectivity index (χ0v) is 10.6. The Labute approximate surface area is 106 Å². The molecule has 1 aromatic heterocycles. The van der Waals surface area contributed by atoms with E-state index in [4.69, 9.17) is 5.11 Å². The summed E-state index contributed by atoms with van der Waals surface area (Å²) in [6.07, 6.45) is 0. The molecule has 0 aliphatic rings. The predicted octanol–water partition coefficient (Wildman–Crippen LogP) is 2.91. The van der Waals surface area contributed by atoms with Gasteiger partial charge in [0.15, 0.2) is 0 Å². The molecular weight excluding hydrogens is 284 g/mol. The van der Waals surface area contributed by atoms with Crippen LogP contribution < -0.4 is 0 Å². The molecule has 0 unspecified atom stereocenters. The Morgan fingerprint density at radius 1 is 1.29 bits per heavy atom. The van der Waals surface area contributed by atoms with Crippen molar-refractivity contribution in [3.8, 4) is 11.3 Å². The first-order valence-corrected chi connectivity index (χ1v) is 5.71. The maximum atomic E-state index is 10.9. The molecule has 0 saturated heterocycles. The molecule has 2 rings (SSSR count). The number of carboxylic acid groups (broad SMARTS) is 1. The highest BCUT2D eigenvalue weighted by atomic mass is 79.9. The number of aromatic nitrogens is 2. The molecule has 0 radical (unpaired) electrons. The van der Waals surface area contributed by atoms with Gasteiger partial charge in [-0.2, -0.15) is 0 Å². The molecule has 0 fully saturated rings. The van der Waals surface area contributed by atoms with Crippen LogP contribution in [-0.2, 0) is 0 Å². The Hall–Kier alpha value is -1.75. The zero-order chi connectivity index (χ0) is 12.4. The summed E-state index contributed by atoms with van der Waals surface area (Å²) in [7, 11) is 0. The lowest BCUT2D eigenvalue weighted by Gasteiger charge is -2.05. The van der Waals surface area contributed by atoms with Crippen LogP contribution in [0.25, 0.3) is 11.3 Å². The van der Waals surface area contributed by atoms with E-state index in [1.807, 2.05) is 24.3 Å². The molecule has 0 saturated carbocycles. The van der Waals surface area contributed by atoms with E-state index in [1.54, 1.807) is 13.0 Å². The van der Waals surface area contributed by atoms with Crippen molar-refractivity contribution < 1.29 is 9.90 Å². The van der Waals surface area contributed by atoms with Crippen molar-refractivity contribution in [3.63, 3.8) is 0 Å². The van der Waals surface area contributed by atoms with E-state index in [-0.39, 0.29) is 5.82 Å². The Morgan fingerprint density at radius 3 is 2.65 bits per heavy atom. The molecule has 86 valence electrons. The van der Waals surface area contributed by atoms with Crippen LogP contribution in [0.3, 0.4) is 0 Å². The maximum absolute atomic E-state index is 10.9. The molecule has 1 aromatic carbocycles. The van der Waals surface area contributed by atoms with Gasteiger partial charge in [0.25, 0.3) is 0 Å². The van der Waals surface area contributed by atoms with Crippen LogP contribution in [-0.4, -0.2) is 21.0 Å². The molecule has 0 aliphatic carbocycles. The number of carbonyl (C=O) groups is 1. The smallest absolute Gasteiger partial charge is 0.373 e. The van der Waals surface area contributed by atoms with Crippen LogP contribution in [0.1, 0.15) is 16.3 Å². The monoisotopic (exact) mass is 292 g/mol. The fraction of sp³-hybridized carbons (Fsp3) is 0.0833. The van der Waals surface area contributed by atoms with E-state index in [2.05, 4.69) is 25.9 Å². The number of benzene rings is 1. The number of aryl methyl sites for hydroxylation is 1. The predicted molar refractivity (Wildman–Crippen MR) is 66.9 cm³/mol. The lowest BCUT2D eigenvalue weighted by Crippen LogP contribution is -2.06. The molecule has 2 aromatic rings. The van der Waals surface area contributed by atoms with Crippen molar-refractivity contribution in [2.75, 3.05) is 0 Å². The number of halogens is 1. The zero-order valence-electron chi connectivity index (χ0n) is 9.01. The van der Waals surface area contributed by atoms with Crippen LogP contribution in [0.15, 0.2) is 34.8 Å². The molecule has 0 bridgehead atoms. The average molecular weight is 293 g/mol. The third kappa shape index (κ3) is 2.50. The van der Waals surface area contributed by atoms with E-state index < -0.39 is 5.97 Å². The molecule has 5 heteroatoms. The highest BCUT2D eigenvalue weighted by Crippen LogP contribution is 2.26. The van der Waals surface area contributed by atoms with Crippen molar-refractivity contribution in [1.29, 1.82) is 0 Å². The molecule has 0 spiro atoms.